The Kier molecular flexibility index (Phi) is 3.27. The van der Waals surface area contributed by atoms with Crippen LogP contribution >= 0.6 is 11.6 Å². The predicted octanol–water partition coefficient (Wildman–Crippen LogP) is 2.41. The van der Waals surface area contributed by atoms with Gasteiger partial charge in [-0.3, -0.25) is 4.79 Å². The van der Waals surface area contributed by atoms with Crippen LogP contribution in [0.5, 0.6) is 0 Å². The zero-order valence-electron chi connectivity index (χ0n) is 6.97. The number of rotatable bonds is 2. The molecule has 1 aromatic heterocycles. The Bertz CT molecular complexity index is 456. The number of nitrogens with zero attached hydrogens (tertiary/aromatic N) is 2. The first-order valence-electron chi connectivity index (χ1n) is 3.56. The fraction of sp³-hybridized carbons (Fsp3) is 0.125. The van der Waals surface area contributed by atoms with Crippen molar-refractivity contribution in [3.8, 4) is 6.07 Å². The van der Waals surface area contributed by atoms with Gasteiger partial charge in [-0.1, -0.05) is 0 Å². The van der Waals surface area contributed by atoms with Crippen LogP contribution in [0.15, 0.2) is 6.07 Å². The second-order valence-electron chi connectivity index (χ2n) is 2.44. The molecule has 1 aromatic rings. The zero-order valence-corrected chi connectivity index (χ0v) is 7.73. The number of nitriles is 1. The van der Waals surface area contributed by atoms with Crippen molar-refractivity contribution in [2.45, 2.75) is 6.43 Å². The summed E-state index contributed by atoms with van der Waals surface area (Å²) in [6.45, 7) is 0. The Labute approximate surface area is 87.1 Å². The minimum Gasteiger partial charge on any atom is -0.276 e. The number of pyridine rings is 1. The lowest BCUT2D eigenvalue weighted by atomic mass is 10.1. The molecule has 0 fully saturated rings. The monoisotopic (exact) mass is 234 g/mol. The first-order valence-corrected chi connectivity index (χ1v) is 3.93. The van der Waals surface area contributed by atoms with Gasteiger partial charge in [0.25, 0.3) is 11.7 Å². The third-order valence-electron chi connectivity index (χ3n) is 1.55. The minimum atomic E-state index is -3.15. The summed E-state index contributed by atoms with van der Waals surface area (Å²) in [7, 11) is 0. The third kappa shape index (κ3) is 2.25. The summed E-state index contributed by atoms with van der Waals surface area (Å²) in [5, 5.41) is 7.35. The van der Waals surface area contributed by atoms with E-state index in [1.54, 1.807) is 0 Å². The van der Waals surface area contributed by atoms with Gasteiger partial charge in [-0.05, 0) is 11.6 Å². The van der Waals surface area contributed by atoms with Crippen molar-refractivity contribution in [1.82, 2.24) is 4.98 Å². The van der Waals surface area contributed by atoms with E-state index in [0.717, 1.165) is 0 Å². The molecule has 0 aromatic carbocycles. The van der Waals surface area contributed by atoms with Crippen molar-refractivity contribution in [1.29, 1.82) is 5.26 Å². The average molecular weight is 235 g/mol. The second-order valence-corrected chi connectivity index (χ2v) is 2.78. The summed E-state index contributed by atoms with van der Waals surface area (Å²) in [5.41, 5.74) is -2.39. The molecule has 1 rings (SSSR count). The van der Waals surface area contributed by atoms with Crippen LogP contribution in [-0.4, -0.2) is 10.2 Å². The first kappa shape index (κ1) is 11.5. The molecule has 0 saturated carbocycles. The molecule has 0 aliphatic carbocycles. The molecule has 78 valence electrons. The standard InChI is InChI=1S/C8H2ClF3N2O/c9-7(15)3-1-5(10)14-6(8(11)12)4(3)2-13/h1,8H. The van der Waals surface area contributed by atoms with Crippen molar-refractivity contribution in [3.05, 3.63) is 28.8 Å². The van der Waals surface area contributed by atoms with E-state index in [9.17, 15) is 18.0 Å². The van der Waals surface area contributed by atoms with E-state index in [2.05, 4.69) is 4.98 Å². The largest absolute Gasteiger partial charge is 0.281 e. The number of alkyl halides is 2. The lowest BCUT2D eigenvalue weighted by molar-refractivity contribution is 0.107. The molecule has 0 N–H and O–H groups in total. The van der Waals surface area contributed by atoms with Crippen LogP contribution in [0.4, 0.5) is 13.2 Å². The van der Waals surface area contributed by atoms with Gasteiger partial charge in [0.15, 0.2) is 0 Å². The lowest BCUT2D eigenvalue weighted by Crippen LogP contribution is -2.05. The van der Waals surface area contributed by atoms with E-state index < -0.39 is 34.4 Å². The minimum absolute atomic E-state index is 0.541. The van der Waals surface area contributed by atoms with Crippen molar-refractivity contribution in [3.63, 3.8) is 0 Å². The fourth-order valence-electron chi connectivity index (χ4n) is 0.963. The summed E-state index contributed by atoms with van der Waals surface area (Å²) < 4.78 is 37.3. The molecular weight excluding hydrogens is 233 g/mol. The van der Waals surface area contributed by atoms with Gasteiger partial charge in [-0.2, -0.15) is 9.65 Å². The molecule has 0 aliphatic rings. The van der Waals surface area contributed by atoms with Gasteiger partial charge in [0.05, 0.1) is 11.1 Å². The highest BCUT2D eigenvalue weighted by molar-refractivity contribution is 6.68. The van der Waals surface area contributed by atoms with Gasteiger partial charge in [-0.25, -0.2) is 13.8 Å². The van der Waals surface area contributed by atoms with Crippen molar-refractivity contribution in [2.75, 3.05) is 0 Å². The number of carbonyl (C=O) groups is 1. The number of carbonyl (C=O) groups excluding carboxylic acids is 1. The highest BCUT2D eigenvalue weighted by Gasteiger charge is 2.22. The molecule has 15 heavy (non-hydrogen) atoms. The highest BCUT2D eigenvalue weighted by Crippen LogP contribution is 2.24. The van der Waals surface area contributed by atoms with Gasteiger partial charge < -0.3 is 0 Å². The van der Waals surface area contributed by atoms with Crippen LogP contribution in [0.3, 0.4) is 0 Å². The van der Waals surface area contributed by atoms with Gasteiger partial charge in [0.2, 0.25) is 5.95 Å². The number of hydrogen-bond donors (Lipinski definition) is 0. The Morgan fingerprint density at radius 1 is 1.60 bits per heavy atom. The van der Waals surface area contributed by atoms with Gasteiger partial charge in [0.1, 0.15) is 11.8 Å². The molecule has 0 spiro atoms. The van der Waals surface area contributed by atoms with Crippen LogP contribution in [0, 0.1) is 17.3 Å². The summed E-state index contributed by atoms with van der Waals surface area (Å²) in [6, 6.07) is 1.88. The van der Waals surface area contributed by atoms with Crippen LogP contribution in [-0.2, 0) is 0 Å². The summed E-state index contributed by atoms with van der Waals surface area (Å²) in [4.78, 5) is 13.6. The topological polar surface area (TPSA) is 53.8 Å². The van der Waals surface area contributed by atoms with E-state index in [-0.39, 0.29) is 0 Å². The van der Waals surface area contributed by atoms with E-state index in [1.807, 2.05) is 0 Å². The van der Waals surface area contributed by atoms with Gasteiger partial charge in [0, 0.05) is 6.07 Å². The van der Waals surface area contributed by atoms with Crippen LogP contribution in [0.2, 0.25) is 0 Å². The number of halogens is 4. The second kappa shape index (κ2) is 4.28. The molecule has 0 unspecified atom stereocenters. The molecule has 1 heterocycles. The Morgan fingerprint density at radius 3 is 2.60 bits per heavy atom. The molecule has 7 heteroatoms. The number of aromatic nitrogens is 1. The zero-order chi connectivity index (χ0) is 11.6. The number of hydrogen-bond acceptors (Lipinski definition) is 3. The SMILES string of the molecule is N#Cc1c(C(=O)Cl)cc(F)nc1C(F)F. The summed E-state index contributed by atoms with van der Waals surface area (Å²) >= 11 is 5.01. The quantitative estimate of drug-likeness (QED) is 0.583. The molecule has 0 bridgehead atoms. The summed E-state index contributed by atoms with van der Waals surface area (Å²) in [5.74, 6) is -1.28. The normalized spacial score (nSPS) is 10.1. The molecule has 0 aliphatic heterocycles. The molecule has 0 amide bonds. The Morgan fingerprint density at radius 2 is 2.20 bits per heavy atom. The molecule has 0 saturated heterocycles. The molecular formula is C8H2ClF3N2O. The van der Waals surface area contributed by atoms with E-state index in [1.165, 1.54) is 6.07 Å². The van der Waals surface area contributed by atoms with Crippen molar-refractivity contribution in [2.24, 2.45) is 0 Å². The maximum Gasteiger partial charge on any atom is 0.281 e. The van der Waals surface area contributed by atoms with Crippen LogP contribution < -0.4 is 0 Å². The molecule has 3 nitrogen and oxygen atoms in total. The average Bonchev–Trinajstić information content (AvgIpc) is 2.16. The molecule has 0 radical (unpaired) electrons. The van der Waals surface area contributed by atoms with Crippen LogP contribution in [0.25, 0.3) is 0 Å². The Balaban J connectivity index is 3.54. The third-order valence-corrected chi connectivity index (χ3v) is 1.75. The van der Waals surface area contributed by atoms with Crippen molar-refractivity contribution < 1.29 is 18.0 Å². The maximum absolute atomic E-state index is 12.7. The maximum atomic E-state index is 12.7. The smallest absolute Gasteiger partial charge is 0.276 e. The van der Waals surface area contributed by atoms with Crippen LogP contribution in [0.1, 0.15) is 28.0 Å². The van der Waals surface area contributed by atoms with Gasteiger partial charge in [-0.15, -0.1) is 0 Å². The van der Waals surface area contributed by atoms with Gasteiger partial charge >= 0.3 is 0 Å². The lowest BCUT2D eigenvalue weighted by Gasteiger charge is -2.04. The van der Waals surface area contributed by atoms with Crippen molar-refractivity contribution >= 4 is 16.8 Å². The highest BCUT2D eigenvalue weighted by atomic mass is 35.5. The first-order chi connectivity index (χ1) is 6.97. The van der Waals surface area contributed by atoms with E-state index in [0.29, 0.717) is 6.07 Å². The van der Waals surface area contributed by atoms with E-state index >= 15 is 0 Å². The molecule has 0 atom stereocenters. The fourth-order valence-corrected chi connectivity index (χ4v) is 1.11. The Hall–Kier alpha value is -1.61. The van der Waals surface area contributed by atoms with E-state index in [4.69, 9.17) is 16.9 Å². The summed E-state index contributed by atoms with van der Waals surface area (Å²) in [6.07, 6.45) is -3.15. The predicted molar refractivity (Wildman–Crippen MR) is 44.1 cm³/mol.